The monoisotopic (exact) mass is 356 g/mol. The average molecular weight is 357 g/mol. The highest BCUT2D eigenvalue weighted by atomic mass is 35.5. The summed E-state index contributed by atoms with van der Waals surface area (Å²) < 4.78 is 11.5. The summed E-state index contributed by atoms with van der Waals surface area (Å²) >= 11 is 6.24. The topological polar surface area (TPSA) is 57.4 Å². The number of rotatable bonds is 5. The number of aromatic nitrogens is 1. The fraction of sp³-hybridized carbons (Fsp3) is 0.250. The molecule has 0 saturated carbocycles. The standard InChI is InChI=1S/C20H21ClN2O2/c1-12(2)24-19-8-6-16(11-17(19)21)25-20-9-5-15-10-14(13(3)22)4-7-18(15)23-20/h4-13H,22H2,1-3H3. The Balaban J connectivity index is 1.83. The van der Waals surface area contributed by atoms with Gasteiger partial charge in [-0.1, -0.05) is 17.7 Å². The van der Waals surface area contributed by atoms with E-state index in [9.17, 15) is 0 Å². The van der Waals surface area contributed by atoms with Gasteiger partial charge in [0, 0.05) is 23.6 Å². The van der Waals surface area contributed by atoms with Crippen LogP contribution in [0.15, 0.2) is 48.5 Å². The second-order valence-corrected chi connectivity index (χ2v) is 6.66. The Hall–Kier alpha value is -2.30. The maximum absolute atomic E-state index is 6.24. The first kappa shape index (κ1) is 17.5. The van der Waals surface area contributed by atoms with Crippen LogP contribution < -0.4 is 15.2 Å². The maximum Gasteiger partial charge on any atom is 0.219 e. The highest BCUT2D eigenvalue weighted by Gasteiger charge is 2.08. The molecule has 130 valence electrons. The molecule has 1 unspecified atom stereocenters. The van der Waals surface area contributed by atoms with Crippen LogP contribution in [0.2, 0.25) is 5.02 Å². The van der Waals surface area contributed by atoms with Gasteiger partial charge in [0.2, 0.25) is 5.88 Å². The predicted octanol–water partition coefficient (Wildman–Crippen LogP) is 5.49. The second kappa shape index (κ2) is 7.30. The summed E-state index contributed by atoms with van der Waals surface area (Å²) in [5, 5.41) is 1.54. The Morgan fingerprint density at radius 3 is 2.48 bits per heavy atom. The minimum absolute atomic E-state index is 0.00552. The Morgan fingerprint density at radius 2 is 1.80 bits per heavy atom. The zero-order chi connectivity index (χ0) is 18.0. The van der Waals surface area contributed by atoms with Crippen LogP contribution in [0.5, 0.6) is 17.4 Å². The van der Waals surface area contributed by atoms with Crippen molar-refractivity contribution in [2.24, 2.45) is 5.73 Å². The normalized spacial score (nSPS) is 12.4. The van der Waals surface area contributed by atoms with E-state index < -0.39 is 0 Å². The zero-order valence-electron chi connectivity index (χ0n) is 14.5. The molecule has 2 N–H and O–H groups in total. The van der Waals surface area contributed by atoms with Crippen LogP contribution >= 0.6 is 11.6 Å². The summed E-state index contributed by atoms with van der Waals surface area (Å²) in [5.74, 6) is 1.76. The van der Waals surface area contributed by atoms with Crippen molar-refractivity contribution in [2.45, 2.75) is 32.9 Å². The van der Waals surface area contributed by atoms with E-state index in [-0.39, 0.29) is 12.1 Å². The van der Waals surface area contributed by atoms with Gasteiger partial charge in [0.05, 0.1) is 16.6 Å². The third-order valence-corrected chi connectivity index (χ3v) is 4.00. The summed E-state index contributed by atoms with van der Waals surface area (Å²) in [6.45, 7) is 5.87. The maximum atomic E-state index is 6.24. The second-order valence-electron chi connectivity index (χ2n) is 6.25. The van der Waals surface area contributed by atoms with E-state index in [1.54, 1.807) is 12.1 Å². The summed E-state index contributed by atoms with van der Waals surface area (Å²) in [4.78, 5) is 4.53. The molecule has 0 aliphatic rings. The number of pyridine rings is 1. The predicted molar refractivity (Wildman–Crippen MR) is 102 cm³/mol. The molecule has 1 atom stereocenters. The van der Waals surface area contributed by atoms with Gasteiger partial charge in [0.1, 0.15) is 11.5 Å². The first-order chi connectivity index (χ1) is 11.9. The third-order valence-electron chi connectivity index (χ3n) is 3.70. The van der Waals surface area contributed by atoms with Gasteiger partial charge in [0.25, 0.3) is 0 Å². The molecule has 0 bridgehead atoms. The smallest absolute Gasteiger partial charge is 0.219 e. The van der Waals surface area contributed by atoms with Crippen molar-refractivity contribution in [3.05, 3.63) is 59.1 Å². The summed E-state index contributed by atoms with van der Waals surface area (Å²) in [6, 6.07) is 15.1. The average Bonchev–Trinajstić information content (AvgIpc) is 2.56. The van der Waals surface area contributed by atoms with Gasteiger partial charge < -0.3 is 15.2 Å². The van der Waals surface area contributed by atoms with Gasteiger partial charge in [-0.15, -0.1) is 0 Å². The summed E-state index contributed by atoms with van der Waals surface area (Å²) in [6.07, 6.45) is 0.0625. The van der Waals surface area contributed by atoms with Gasteiger partial charge in [-0.2, -0.15) is 0 Å². The van der Waals surface area contributed by atoms with Gasteiger partial charge in [-0.05, 0) is 56.7 Å². The lowest BCUT2D eigenvalue weighted by atomic mass is 10.1. The minimum Gasteiger partial charge on any atom is -0.489 e. The molecule has 0 saturated heterocycles. The summed E-state index contributed by atoms with van der Waals surface area (Å²) in [5.41, 5.74) is 7.86. The largest absolute Gasteiger partial charge is 0.489 e. The van der Waals surface area contributed by atoms with Crippen LogP contribution in [0.1, 0.15) is 32.4 Å². The van der Waals surface area contributed by atoms with Crippen LogP contribution in [0, 0.1) is 0 Å². The number of benzene rings is 2. The van der Waals surface area contributed by atoms with Crippen LogP contribution in [-0.4, -0.2) is 11.1 Å². The van der Waals surface area contributed by atoms with Gasteiger partial charge in [-0.3, -0.25) is 0 Å². The first-order valence-electron chi connectivity index (χ1n) is 8.23. The van der Waals surface area contributed by atoms with Crippen molar-refractivity contribution in [1.29, 1.82) is 0 Å². The molecule has 0 fully saturated rings. The van der Waals surface area contributed by atoms with E-state index in [1.165, 1.54) is 0 Å². The van der Waals surface area contributed by atoms with E-state index in [2.05, 4.69) is 4.98 Å². The van der Waals surface area contributed by atoms with Gasteiger partial charge in [0.15, 0.2) is 0 Å². The number of halogens is 1. The van der Waals surface area contributed by atoms with Crippen molar-refractivity contribution in [1.82, 2.24) is 4.98 Å². The Morgan fingerprint density at radius 1 is 1.00 bits per heavy atom. The third kappa shape index (κ3) is 4.21. The molecule has 1 aromatic heterocycles. The lowest BCUT2D eigenvalue weighted by molar-refractivity contribution is 0.242. The van der Waals surface area contributed by atoms with E-state index in [1.807, 2.05) is 57.2 Å². The molecule has 0 radical (unpaired) electrons. The zero-order valence-corrected chi connectivity index (χ0v) is 15.2. The molecule has 0 aliphatic carbocycles. The number of fused-ring (bicyclic) bond motifs is 1. The number of nitrogens with two attached hydrogens (primary N) is 1. The number of hydrogen-bond acceptors (Lipinski definition) is 4. The number of nitrogens with zero attached hydrogens (tertiary/aromatic N) is 1. The molecule has 1 heterocycles. The SMILES string of the molecule is CC(C)Oc1ccc(Oc2ccc3cc(C(C)N)ccc3n2)cc1Cl. The van der Waals surface area contributed by atoms with Crippen molar-refractivity contribution in [2.75, 3.05) is 0 Å². The number of ether oxygens (including phenoxy) is 2. The fourth-order valence-electron chi connectivity index (χ4n) is 2.48. The van der Waals surface area contributed by atoms with Crippen LogP contribution in [0.3, 0.4) is 0 Å². The first-order valence-corrected chi connectivity index (χ1v) is 8.60. The van der Waals surface area contributed by atoms with E-state index in [4.69, 9.17) is 26.8 Å². The lowest BCUT2D eigenvalue weighted by Crippen LogP contribution is -2.05. The van der Waals surface area contributed by atoms with Gasteiger partial charge >= 0.3 is 0 Å². The summed E-state index contributed by atoms with van der Waals surface area (Å²) in [7, 11) is 0. The van der Waals surface area contributed by atoms with Crippen LogP contribution in [0.25, 0.3) is 10.9 Å². The number of hydrogen-bond donors (Lipinski definition) is 1. The Labute approximate surface area is 152 Å². The van der Waals surface area contributed by atoms with Crippen molar-refractivity contribution in [3.63, 3.8) is 0 Å². The molecule has 2 aromatic carbocycles. The molecule has 25 heavy (non-hydrogen) atoms. The van der Waals surface area contributed by atoms with Crippen molar-refractivity contribution in [3.8, 4) is 17.4 Å². The minimum atomic E-state index is -0.00552. The molecule has 3 rings (SSSR count). The molecule has 0 amide bonds. The van der Waals surface area contributed by atoms with Gasteiger partial charge in [-0.25, -0.2) is 4.98 Å². The van der Waals surface area contributed by atoms with Crippen molar-refractivity contribution >= 4 is 22.5 Å². The molecule has 3 aromatic rings. The molecule has 0 spiro atoms. The van der Waals surface area contributed by atoms with E-state index >= 15 is 0 Å². The van der Waals surface area contributed by atoms with E-state index in [0.717, 1.165) is 16.5 Å². The molecular formula is C20H21ClN2O2. The lowest BCUT2D eigenvalue weighted by Gasteiger charge is -2.13. The molecule has 4 nitrogen and oxygen atoms in total. The van der Waals surface area contributed by atoms with Crippen LogP contribution in [0.4, 0.5) is 0 Å². The molecular weight excluding hydrogens is 336 g/mol. The molecule has 0 aliphatic heterocycles. The highest BCUT2D eigenvalue weighted by Crippen LogP contribution is 2.32. The Kier molecular flexibility index (Phi) is 5.11. The van der Waals surface area contributed by atoms with Crippen molar-refractivity contribution < 1.29 is 9.47 Å². The highest BCUT2D eigenvalue weighted by molar-refractivity contribution is 6.32. The van der Waals surface area contributed by atoms with E-state index in [0.29, 0.717) is 22.4 Å². The Bertz CT molecular complexity index is 894. The quantitative estimate of drug-likeness (QED) is 0.656. The van der Waals surface area contributed by atoms with Crippen LogP contribution in [-0.2, 0) is 0 Å². The molecule has 5 heteroatoms. The fourth-order valence-corrected chi connectivity index (χ4v) is 2.70.